The van der Waals surface area contributed by atoms with Crippen LogP contribution >= 0.6 is 0 Å². The monoisotopic (exact) mass is 435 g/mol. The van der Waals surface area contributed by atoms with Gasteiger partial charge in [0.2, 0.25) is 11.9 Å². The Morgan fingerprint density at radius 2 is 1.91 bits per heavy atom. The van der Waals surface area contributed by atoms with Crippen molar-refractivity contribution in [3.8, 4) is 5.75 Å². The zero-order valence-corrected chi connectivity index (χ0v) is 18.1. The molecule has 0 aromatic heterocycles. The molecule has 0 saturated heterocycles. The molecule has 1 atom stereocenters. The number of likely N-dealkylation sites (N-methyl/N-ethyl adjacent to an activating group) is 1. The number of methoxy groups -OCH3 is 1. The lowest BCUT2D eigenvalue weighted by molar-refractivity contribution is 0.123. The highest BCUT2D eigenvalue weighted by Gasteiger charge is 2.45. The molecule has 0 spiro atoms. The number of fused-ring (bicyclic) bond motifs is 1. The average molecular weight is 436 g/mol. The molecule has 3 aliphatic rings. The van der Waals surface area contributed by atoms with E-state index in [0.717, 1.165) is 36.4 Å². The maximum Gasteiger partial charge on any atom is 0.223 e. The highest BCUT2D eigenvalue weighted by atomic mass is 19.1. The molecule has 0 radical (unpaired) electrons. The maximum atomic E-state index is 14.5. The molecular formula is C23H26FN7O. The number of benzene rings is 2. The number of hydrazine groups is 1. The molecule has 8 nitrogen and oxygen atoms in total. The van der Waals surface area contributed by atoms with Gasteiger partial charge in [-0.05, 0) is 55.7 Å². The number of rotatable bonds is 4. The van der Waals surface area contributed by atoms with E-state index < -0.39 is 0 Å². The van der Waals surface area contributed by atoms with Crippen molar-refractivity contribution in [3.05, 3.63) is 66.2 Å². The molecule has 1 saturated carbocycles. The molecule has 2 aliphatic heterocycles. The Balaban J connectivity index is 1.45. The highest BCUT2D eigenvalue weighted by molar-refractivity contribution is 6.00. The number of hydrogen-bond donors (Lipinski definition) is 2. The van der Waals surface area contributed by atoms with Crippen LogP contribution in [0.3, 0.4) is 0 Å². The fourth-order valence-electron chi connectivity index (χ4n) is 4.18. The van der Waals surface area contributed by atoms with Gasteiger partial charge in [0.05, 0.1) is 19.0 Å². The van der Waals surface area contributed by atoms with Crippen LogP contribution in [0.2, 0.25) is 0 Å². The number of aliphatic imine (C=N–C) groups is 2. The second-order valence-electron chi connectivity index (χ2n) is 8.07. The fraction of sp³-hybridized carbons (Fsp3) is 0.304. The summed E-state index contributed by atoms with van der Waals surface area (Å²) in [5.74, 6) is 8.03. The van der Waals surface area contributed by atoms with Gasteiger partial charge in [-0.1, -0.05) is 12.1 Å². The van der Waals surface area contributed by atoms with E-state index in [1.165, 1.54) is 11.1 Å². The molecule has 9 heteroatoms. The third-order valence-corrected chi connectivity index (χ3v) is 6.15. The normalized spacial score (nSPS) is 20.1. The van der Waals surface area contributed by atoms with Crippen LogP contribution in [0.4, 0.5) is 15.8 Å². The standard InChI is InChI=1S/C23H26FN7O/c1-29-21-19(14-26-22(29)27-15-10-12-17(32-2)13-11-15)28-23(30(21)16-6-5-7-16)31(25)20-9-4-3-8-18(20)24/h3-4,8-14,16,21H,5-7,25H2,1-2H3,(H,26,27). The third kappa shape index (κ3) is 3.44. The summed E-state index contributed by atoms with van der Waals surface area (Å²) in [4.78, 5) is 13.6. The quantitative estimate of drug-likeness (QED) is 0.567. The van der Waals surface area contributed by atoms with Gasteiger partial charge in [-0.2, -0.15) is 0 Å². The van der Waals surface area contributed by atoms with Gasteiger partial charge in [-0.3, -0.25) is 0 Å². The predicted octanol–water partition coefficient (Wildman–Crippen LogP) is 3.32. The number of para-hydroxylation sites is 1. The smallest absolute Gasteiger partial charge is 0.223 e. The Morgan fingerprint density at radius 3 is 2.56 bits per heavy atom. The Hall–Kier alpha value is -3.59. The lowest BCUT2D eigenvalue weighted by Crippen LogP contribution is -2.60. The van der Waals surface area contributed by atoms with Crippen molar-refractivity contribution in [2.45, 2.75) is 31.5 Å². The molecule has 0 amide bonds. The first-order chi connectivity index (χ1) is 15.6. The SMILES string of the molecule is COc1ccc(NC2=NC=C3N=C(N(N)c4ccccc4F)N(C4CCC4)C3N2C)cc1. The molecule has 0 bridgehead atoms. The average Bonchev–Trinajstić information content (AvgIpc) is 3.15. The van der Waals surface area contributed by atoms with E-state index in [-0.39, 0.29) is 23.7 Å². The van der Waals surface area contributed by atoms with Crippen LogP contribution in [0.5, 0.6) is 5.75 Å². The highest BCUT2D eigenvalue weighted by Crippen LogP contribution is 2.37. The van der Waals surface area contributed by atoms with Gasteiger partial charge in [-0.15, -0.1) is 0 Å². The van der Waals surface area contributed by atoms with Crippen LogP contribution in [0.25, 0.3) is 0 Å². The first kappa shape index (κ1) is 20.3. The van der Waals surface area contributed by atoms with Crippen molar-refractivity contribution >= 4 is 23.3 Å². The summed E-state index contributed by atoms with van der Waals surface area (Å²) >= 11 is 0. The molecule has 3 N–H and O–H groups in total. The fourth-order valence-corrected chi connectivity index (χ4v) is 4.18. The number of ether oxygens (including phenoxy) is 1. The summed E-state index contributed by atoms with van der Waals surface area (Å²) in [5.41, 5.74) is 1.96. The van der Waals surface area contributed by atoms with Crippen LogP contribution in [0.15, 0.2) is 70.4 Å². The summed E-state index contributed by atoms with van der Waals surface area (Å²) in [7, 11) is 3.61. The topological polar surface area (TPSA) is 81.7 Å². The van der Waals surface area contributed by atoms with Gasteiger partial charge in [0.25, 0.3) is 0 Å². The van der Waals surface area contributed by atoms with Crippen LogP contribution < -0.4 is 20.9 Å². The Morgan fingerprint density at radius 1 is 1.16 bits per heavy atom. The number of guanidine groups is 2. The van der Waals surface area contributed by atoms with E-state index in [4.69, 9.17) is 15.6 Å². The number of nitrogens with zero attached hydrogens (tertiary/aromatic N) is 5. The Labute approximate surface area is 186 Å². The largest absolute Gasteiger partial charge is 0.497 e. The molecule has 1 aliphatic carbocycles. The van der Waals surface area contributed by atoms with E-state index in [2.05, 4.69) is 15.2 Å². The van der Waals surface area contributed by atoms with Crippen LogP contribution in [-0.2, 0) is 0 Å². The predicted molar refractivity (Wildman–Crippen MR) is 124 cm³/mol. The van der Waals surface area contributed by atoms with E-state index >= 15 is 0 Å². The van der Waals surface area contributed by atoms with Gasteiger partial charge in [0.1, 0.15) is 17.3 Å². The Bertz CT molecular complexity index is 1090. The lowest BCUT2D eigenvalue weighted by Gasteiger charge is -2.45. The summed E-state index contributed by atoms with van der Waals surface area (Å²) < 4.78 is 19.7. The number of anilines is 2. The number of nitrogens with one attached hydrogen (secondary N) is 1. The minimum absolute atomic E-state index is 0.175. The van der Waals surface area contributed by atoms with Crippen LogP contribution in [-0.4, -0.2) is 48.1 Å². The lowest BCUT2D eigenvalue weighted by atomic mass is 9.91. The van der Waals surface area contributed by atoms with E-state index in [1.807, 2.05) is 36.2 Å². The zero-order chi connectivity index (χ0) is 22.2. The van der Waals surface area contributed by atoms with Crippen LogP contribution in [0.1, 0.15) is 19.3 Å². The number of halogens is 1. The molecule has 166 valence electrons. The second kappa shape index (κ2) is 8.16. The second-order valence-corrected chi connectivity index (χ2v) is 8.07. The van der Waals surface area contributed by atoms with Gasteiger partial charge < -0.3 is 19.9 Å². The van der Waals surface area contributed by atoms with Crippen molar-refractivity contribution in [1.29, 1.82) is 0 Å². The first-order valence-corrected chi connectivity index (χ1v) is 10.6. The molecule has 2 aromatic carbocycles. The molecule has 2 heterocycles. The van der Waals surface area contributed by atoms with Gasteiger partial charge in [-0.25, -0.2) is 25.2 Å². The molecule has 5 rings (SSSR count). The zero-order valence-electron chi connectivity index (χ0n) is 18.1. The van der Waals surface area contributed by atoms with Gasteiger partial charge in [0.15, 0.2) is 6.17 Å². The van der Waals surface area contributed by atoms with Crippen molar-refractivity contribution in [3.63, 3.8) is 0 Å². The van der Waals surface area contributed by atoms with Gasteiger partial charge >= 0.3 is 0 Å². The van der Waals surface area contributed by atoms with Crippen molar-refractivity contribution in [2.75, 3.05) is 24.5 Å². The number of nitrogens with two attached hydrogens (primary N) is 1. The van der Waals surface area contributed by atoms with Gasteiger partial charge in [0, 0.05) is 18.8 Å². The summed E-state index contributed by atoms with van der Waals surface area (Å²) in [5, 5.41) is 4.71. The van der Waals surface area contributed by atoms with Crippen molar-refractivity contribution in [1.82, 2.24) is 9.80 Å². The van der Waals surface area contributed by atoms with Crippen molar-refractivity contribution in [2.24, 2.45) is 15.8 Å². The van der Waals surface area contributed by atoms with Crippen molar-refractivity contribution < 1.29 is 9.13 Å². The molecule has 2 aromatic rings. The molecule has 32 heavy (non-hydrogen) atoms. The third-order valence-electron chi connectivity index (χ3n) is 6.15. The summed E-state index contributed by atoms with van der Waals surface area (Å²) in [6.07, 6.45) is 4.82. The molecule has 1 unspecified atom stereocenters. The van der Waals surface area contributed by atoms with E-state index in [0.29, 0.717) is 11.9 Å². The summed E-state index contributed by atoms with van der Waals surface area (Å²) in [6, 6.07) is 14.4. The van der Waals surface area contributed by atoms with E-state index in [9.17, 15) is 4.39 Å². The minimum atomic E-state index is -0.387. The molecule has 1 fully saturated rings. The minimum Gasteiger partial charge on any atom is -0.497 e. The number of hydrogen-bond acceptors (Lipinski definition) is 8. The Kier molecular flexibility index (Phi) is 5.18. The van der Waals surface area contributed by atoms with Crippen LogP contribution in [0, 0.1) is 5.82 Å². The van der Waals surface area contributed by atoms with E-state index in [1.54, 1.807) is 31.5 Å². The first-order valence-electron chi connectivity index (χ1n) is 10.6. The molecular weight excluding hydrogens is 409 g/mol. The summed E-state index contributed by atoms with van der Waals surface area (Å²) in [6.45, 7) is 0. The maximum absolute atomic E-state index is 14.5.